The molecule has 1 amide bonds. The van der Waals surface area contributed by atoms with Crippen LogP contribution in [0.3, 0.4) is 0 Å². The van der Waals surface area contributed by atoms with Crippen LogP contribution in [0.5, 0.6) is 5.75 Å². The highest BCUT2D eigenvalue weighted by Crippen LogP contribution is 2.48. The first-order valence-corrected chi connectivity index (χ1v) is 12.8. The highest BCUT2D eigenvalue weighted by Gasteiger charge is 2.54. The van der Waals surface area contributed by atoms with E-state index in [0.29, 0.717) is 11.3 Å². The minimum absolute atomic E-state index is 0.274. The van der Waals surface area contributed by atoms with E-state index in [0.717, 1.165) is 33.0 Å². The predicted molar refractivity (Wildman–Crippen MR) is 149 cm³/mol. The van der Waals surface area contributed by atoms with Crippen LogP contribution >= 0.6 is 0 Å². The molecule has 1 heterocycles. The second-order valence-corrected chi connectivity index (χ2v) is 9.90. The average Bonchev–Trinajstić information content (AvgIpc) is 2.94. The zero-order valence-corrected chi connectivity index (χ0v) is 21.1. The Bertz CT molecular complexity index is 1650. The summed E-state index contributed by atoms with van der Waals surface area (Å²) in [7, 11) is 0. The molecule has 2 atom stereocenters. The molecule has 1 N–H and O–H groups in total. The molecule has 0 saturated heterocycles. The summed E-state index contributed by atoms with van der Waals surface area (Å²) in [5, 5.41) is 5.06. The molecule has 5 aromatic carbocycles. The van der Waals surface area contributed by atoms with E-state index in [-0.39, 0.29) is 12.3 Å². The molecular weight excluding hydrogens is 470 g/mol. The summed E-state index contributed by atoms with van der Waals surface area (Å²) in [6.07, 6.45) is 0.274. The second-order valence-electron chi connectivity index (χ2n) is 9.90. The lowest BCUT2D eigenvalue weighted by molar-refractivity contribution is -0.143. The molecule has 4 heteroatoms. The van der Waals surface area contributed by atoms with Gasteiger partial charge in [-0.2, -0.15) is 0 Å². The molecule has 4 nitrogen and oxygen atoms in total. The van der Waals surface area contributed by atoms with E-state index in [4.69, 9.17) is 4.74 Å². The van der Waals surface area contributed by atoms with Crippen LogP contribution in [0.2, 0.25) is 0 Å². The third kappa shape index (κ3) is 4.14. The SMILES string of the molecule is Cc1cccc([C@H]2c3ccc4ccccc4c3OC(=O)[C@@]2(Cc2ccccc2)NC(=O)c2ccccc2)c1. The van der Waals surface area contributed by atoms with Crippen molar-refractivity contribution in [3.8, 4) is 5.75 Å². The van der Waals surface area contributed by atoms with Crippen molar-refractivity contribution in [3.05, 3.63) is 149 Å². The van der Waals surface area contributed by atoms with Gasteiger partial charge in [0.2, 0.25) is 0 Å². The van der Waals surface area contributed by atoms with Gasteiger partial charge in [-0.3, -0.25) is 4.79 Å². The summed E-state index contributed by atoms with van der Waals surface area (Å²) in [5.41, 5.74) is 2.93. The summed E-state index contributed by atoms with van der Waals surface area (Å²) < 4.78 is 6.20. The van der Waals surface area contributed by atoms with Crippen molar-refractivity contribution < 1.29 is 14.3 Å². The minimum atomic E-state index is -1.38. The van der Waals surface area contributed by atoms with Crippen molar-refractivity contribution >= 4 is 22.6 Å². The molecule has 0 fully saturated rings. The van der Waals surface area contributed by atoms with E-state index in [1.165, 1.54) is 0 Å². The maximum atomic E-state index is 14.3. The van der Waals surface area contributed by atoms with Gasteiger partial charge in [0.15, 0.2) is 5.54 Å². The van der Waals surface area contributed by atoms with Crippen LogP contribution < -0.4 is 10.1 Å². The first kappa shape index (κ1) is 23.7. The molecule has 0 bridgehead atoms. The Morgan fingerprint density at radius 3 is 2.29 bits per heavy atom. The number of rotatable bonds is 5. The Morgan fingerprint density at radius 2 is 1.53 bits per heavy atom. The van der Waals surface area contributed by atoms with Gasteiger partial charge in [-0.15, -0.1) is 0 Å². The number of carbonyl (C=O) groups excluding carboxylic acids is 2. The van der Waals surface area contributed by atoms with E-state index in [1.54, 1.807) is 12.1 Å². The molecule has 1 aliphatic heterocycles. The molecule has 0 aliphatic carbocycles. The molecular formula is C34H27NO3. The molecule has 186 valence electrons. The van der Waals surface area contributed by atoms with Crippen LogP contribution in [0, 0.1) is 6.92 Å². The van der Waals surface area contributed by atoms with Gasteiger partial charge in [0.1, 0.15) is 5.75 Å². The summed E-state index contributed by atoms with van der Waals surface area (Å²) in [5.74, 6) is -0.713. The third-order valence-corrected chi connectivity index (χ3v) is 7.35. The van der Waals surface area contributed by atoms with Crippen LogP contribution in [0.25, 0.3) is 10.8 Å². The number of aryl methyl sites for hydroxylation is 1. The van der Waals surface area contributed by atoms with Crippen LogP contribution in [-0.4, -0.2) is 17.4 Å². The number of carbonyl (C=O) groups is 2. The number of amides is 1. The minimum Gasteiger partial charge on any atom is -0.424 e. The van der Waals surface area contributed by atoms with Crippen molar-refractivity contribution in [1.29, 1.82) is 0 Å². The smallest absolute Gasteiger partial charge is 0.338 e. The highest BCUT2D eigenvalue weighted by atomic mass is 16.5. The zero-order valence-electron chi connectivity index (χ0n) is 21.1. The fourth-order valence-electron chi connectivity index (χ4n) is 5.61. The lowest BCUT2D eigenvalue weighted by atomic mass is 9.69. The van der Waals surface area contributed by atoms with Crippen LogP contribution in [0.15, 0.2) is 121 Å². The Balaban J connectivity index is 1.61. The van der Waals surface area contributed by atoms with E-state index < -0.39 is 17.4 Å². The van der Waals surface area contributed by atoms with Gasteiger partial charge in [0.05, 0.1) is 0 Å². The monoisotopic (exact) mass is 497 g/mol. The van der Waals surface area contributed by atoms with Crippen molar-refractivity contribution in [2.75, 3.05) is 0 Å². The highest BCUT2D eigenvalue weighted by molar-refractivity contribution is 6.02. The quantitative estimate of drug-likeness (QED) is 0.220. The first-order chi connectivity index (χ1) is 18.5. The lowest BCUT2D eigenvalue weighted by Crippen LogP contribution is -2.63. The number of ether oxygens (including phenoxy) is 1. The molecule has 5 aromatic rings. The Morgan fingerprint density at radius 1 is 0.816 bits per heavy atom. The molecule has 6 rings (SSSR count). The van der Waals surface area contributed by atoms with Gasteiger partial charge in [0, 0.05) is 28.9 Å². The zero-order chi connectivity index (χ0) is 26.1. The first-order valence-electron chi connectivity index (χ1n) is 12.8. The van der Waals surface area contributed by atoms with Crippen LogP contribution in [0.4, 0.5) is 0 Å². The summed E-state index contributed by atoms with van der Waals surface area (Å²) in [6.45, 7) is 2.04. The number of hydrogen-bond acceptors (Lipinski definition) is 3. The molecule has 0 radical (unpaired) electrons. The number of hydrogen-bond donors (Lipinski definition) is 1. The molecule has 1 aliphatic rings. The normalized spacial score (nSPS) is 18.4. The maximum Gasteiger partial charge on any atom is 0.338 e. The van der Waals surface area contributed by atoms with Crippen molar-refractivity contribution in [1.82, 2.24) is 5.32 Å². The molecule has 0 saturated carbocycles. The van der Waals surface area contributed by atoms with Crippen LogP contribution in [-0.2, 0) is 11.2 Å². The standard InChI is InChI=1S/C34H27NO3/c1-23-11-10-17-27(21-23)30-29-20-19-25-14-8-9-18-28(25)31(29)38-33(37)34(30,22-24-12-4-2-5-13-24)35-32(36)26-15-6-3-7-16-26/h2-21,30H,22H2,1H3,(H,35,36)/t30-,34-/m0/s1. The Hall–Kier alpha value is -4.70. The van der Waals surface area contributed by atoms with Gasteiger partial charge in [-0.1, -0.05) is 115 Å². The number of benzene rings is 5. The molecule has 0 unspecified atom stereocenters. The Kier molecular flexibility index (Phi) is 6.01. The van der Waals surface area contributed by atoms with E-state index in [9.17, 15) is 9.59 Å². The van der Waals surface area contributed by atoms with Gasteiger partial charge in [-0.25, -0.2) is 4.79 Å². The molecule has 0 spiro atoms. The average molecular weight is 498 g/mol. The van der Waals surface area contributed by atoms with Crippen molar-refractivity contribution in [3.63, 3.8) is 0 Å². The fourth-order valence-corrected chi connectivity index (χ4v) is 5.61. The van der Waals surface area contributed by atoms with E-state index >= 15 is 0 Å². The van der Waals surface area contributed by atoms with Gasteiger partial charge >= 0.3 is 5.97 Å². The molecule has 0 aromatic heterocycles. The summed E-state index contributed by atoms with van der Waals surface area (Å²) >= 11 is 0. The summed E-state index contributed by atoms with van der Waals surface area (Å²) in [4.78, 5) is 28.0. The lowest BCUT2D eigenvalue weighted by Gasteiger charge is -2.44. The van der Waals surface area contributed by atoms with Gasteiger partial charge in [0.25, 0.3) is 5.91 Å². The Labute approximate surface area is 221 Å². The summed E-state index contributed by atoms with van der Waals surface area (Å²) in [6, 6.07) is 38.9. The van der Waals surface area contributed by atoms with E-state index in [1.807, 2.05) is 104 Å². The van der Waals surface area contributed by atoms with Gasteiger partial charge < -0.3 is 10.1 Å². The predicted octanol–water partition coefficient (Wildman–Crippen LogP) is 6.61. The van der Waals surface area contributed by atoms with Gasteiger partial charge in [-0.05, 0) is 35.6 Å². The number of fused-ring (bicyclic) bond motifs is 3. The fraction of sp³-hybridized carbons (Fsp3) is 0.118. The third-order valence-electron chi connectivity index (χ3n) is 7.35. The molecule has 38 heavy (non-hydrogen) atoms. The maximum absolute atomic E-state index is 14.3. The van der Waals surface area contributed by atoms with Crippen LogP contribution in [0.1, 0.15) is 38.5 Å². The number of esters is 1. The largest absolute Gasteiger partial charge is 0.424 e. The number of nitrogens with one attached hydrogen (secondary N) is 1. The van der Waals surface area contributed by atoms with E-state index in [2.05, 4.69) is 17.4 Å². The van der Waals surface area contributed by atoms with Crippen molar-refractivity contribution in [2.45, 2.75) is 24.8 Å². The van der Waals surface area contributed by atoms with Crippen molar-refractivity contribution in [2.24, 2.45) is 0 Å². The topological polar surface area (TPSA) is 55.4 Å². The second kappa shape index (κ2) is 9.64.